The molecule has 18 heavy (non-hydrogen) atoms. The van der Waals surface area contributed by atoms with Crippen LogP contribution in [0.3, 0.4) is 0 Å². The first-order chi connectivity index (χ1) is 8.54. The van der Waals surface area contributed by atoms with E-state index in [1.807, 2.05) is 6.92 Å². The van der Waals surface area contributed by atoms with Gasteiger partial charge in [-0.25, -0.2) is 0 Å². The fourth-order valence-electron chi connectivity index (χ4n) is 2.86. The van der Waals surface area contributed by atoms with E-state index in [1.165, 1.54) is 19.3 Å². The zero-order valence-corrected chi connectivity index (χ0v) is 12.3. The Labute approximate surface area is 112 Å². The number of hydrogen-bond acceptors (Lipinski definition) is 2. The Hall–Kier alpha value is -0.570. The average Bonchev–Trinajstić information content (AvgIpc) is 2.76. The summed E-state index contributed by atoms with van der Waals surface area (Å²) in [5.41, 5.74) is 5.73. The molecule has 0 aromatic heterocycles. The fourth-order valence-corrected chi connectivity index (χ4v) is 2.86. The lowest BCUT2D eigenvalue weighted by atomic mass is 10.0. The highest BCUT2D eigenvalue weighted by molar-refractivity contribution is 5.78. The van der Waals surface area contributed by atoms with Gasteiger partial charge in [-0.3, -0.25) is 4.79 Å². The maximum absolute atomic E-state index is 12.3. The zero-order chi connectivity index (χ0) is 13.5. The lowest BCUT2D eigenvalue weighted by Crippen LogP contribution is -2.33. The molecule has 1 fully saturated rings. The largest absolute Gasteiger partial charge is 0.342 e. The Kier molecular flexibility index (Phi) is 6.69. The second-order valence-electron chi connectivity index (χ2n) is 6.04. The van der Waals surface area contributed by atoms with Gasteiger partial charge in [-0.05, 0) is 38.5 Å². The molecule has 106 valence electrons. The van der Waals surface area contributed by atoms with Gasteiger partial charge < -0.3 is 10.6 Å². The number of amides is 1. The predicted molar refractivity (Wildman–Crippen MR) is 76.3 cm³/mol. The van der Waals surface area contributed by atoms with E-state index in [9.17, 15) is 4.79 Å². The van der Waals surface area contributed by atoms with Crippen LogP contribution in [0.4, 0.5) is 0 Å². The minimum absolute atomic E-state index is 0.170. The topological polar surface area (TPSA) is 46.3 Å². The summed E-state index contributed by atoms with van der Waals surface area (Å²) < 4.78 is 0. The third kappa shape index (κ3) is 4.97. The second-order valence-corrected chi connectivity index (χ2v) is 6.04. The molecule has 1 saturated heterocycles. The van der Waals surface area contributed by atoms with Crippen molar-refractivity contribution in [1.82, 2.24) is 4.90 Å². The van der Waals surface area contributed by atoms with Gasteiger partial charge in [-0.1, -0.05) is 26.7 Å². The first-order valence-corrected chi connectivity index (χ1v) is 7.59. The normalized spacial score (nSPS) is 23.1. The van der Waals surface area contributed by atoms with Crippen LogP contribution in [-0.2, 0) is 4.79 Å². The summed E-state index contributed by atoms with van der Waals surface area (Å²) in [5.74, 6) is 1.28. The van der Waals surface area contributed by atoms with Crippen LogP contribution in [-0.4, -0.2) is 29.9 Å². The molecule has 3 unspecified atom stereocenters. The molecule has 1 amide bonds. The van der Waals surface area contributed by atoms with Gasteiger partial charge in [0.1, 0.15) is 0 Å². The standard InChI is InChI=1S/C15H30N2O/c1-4-6-14-9-10-17(11-14)15(18)12(2)7-5-8-13(3)16/h12-14H,4-11,16H2,1-3H3. The lowest BCUT2D eigenvalue weighted by Gasteiger charge is -2.21. The number of hydrogen-bond donors (Lipinski definition) is 1. The molecule has 2 N–H and O–H groups in total. The van der Waals surface area contributed by atoms with Crippen LogP contribution in [0.5, 0.6) is 0 Å². The molecular weight excluding hydrogens is 224 g/mol. The van der Waals surface area contributed by atoms with Crippen molar-refractivity contribution in [3.05, 3.63) is 0 Å². The Balaban J connectivity index is 2.27. The molecule has 3 atom stereocenters. The molecule has 0 radical (unpaired) electrons. The second kappa shape index (κ2) is 7.78. The first-order valence-electron chi connectivity index (χ1n) is 7.59. The van der Waals surface area contributed by atoms with Crippen molar-refractivity contribution in [1.29, 1.82) is 0 Å². The number of likely N-dealkylation sites (tertiary alicyclic amines) is 1. The van der Waals surface area contributed by atoms with E-state index in [2.05, 4.69) is 18.7 Å². The average molecular weight is 254 g/mol. The Morgan fingerprint density at radius 2 is 2.11 bits per heavy atom. The van der Waals surface area contributed by atoms with E-state index in [-0.39, 0.29) is 12.0 Å². The highest BCUT2D eigenvalue weighted by atomic mass is 16.2. The monoisotopic (exact) mass is 254 g/mol. The van der Waals surface area contributed by atoms with Crippen molar-refractivity contribution in [2.24, 2.45) is 17.6 Å². The maximum atomic E-state index is 12.3. The van der Waals surface area contributed by atoms with Gasteiger partial charge in [-0.15, -0.1) is 0 Å². The molecule has 1 heterocycles. The van der Waals surface area contributed by atoms with Gasteiger partial charge in [0.05, 0.1) is 0 Å². The third-order valence-corrected chi connectivity index (χ3v) is 4.01. The van der Waals surface area contributed by atoms with Crippen LogP contribution < -0.4 is 5.73 Å². The molecular formula is C15H30N2O. The number of nitrogens with zero attached hydrogens (tertiary/aromatic N) is 1. The third-order valence-electron chi connectivity index (χ3n) is 4.01. The molecule has 1 aliphatic rings. The van der Waals surface area contributed by atoms with E-state index in [0.29, 0.717) is 5.91 Å². The minimum atomic E-state index is 0.170. The molecule has 0 saturated carbocycles. The van der Waals surface area contributed by atoms with Crippen LogP contribution in [0.1, 0.15) is 59.3 Å². The fraction of sp³-hybridized carbons (Fsp3) is 0.933. The highest BCUT2D eigenvalue weighted by Gasteiger charge is 2.28. The molecule has 0 aliphatic carbocycles. The van der Waals surface area contributed by atoms with Crippen molar-refractivity contribution in [2.45, 2.75) is 65.3 Å². The summed E-state index contributed by atoms with van der Waals surface area (Å²) >= 11 is 0. The molecule has 0 aromatic carbocycles. The van der Waals surface area contributed by atoms with Crippen molar-refractivity contribution in [2.75, 3.05) is 13.1 Å². The first kappa shape index (κ1) is 15.5. The summed E-state index contributed by atoms with van der Waals surface area (Å²) in [5, 5.41) is 0. The smallest absolute Gasteiger partial charge is 0.225 e. The Bertz CT molecular complexity index is 253. The number of rotatable bonds is 7. The summed E-state index contributed by atoms with van der Waals surface area (Å²) in [7, 11) is 0. The summed E-state index contributed by atoms with van der Waals surface area (Å²) in [4.78, 5) is 14.3. The maximum Gasteiger partial charge on any atom is 0.225 e. The van der Waals surface area contributed by atoms with Crippen molar-refractivity contribution < 1.29 is 4.79 Å². The Morgan fingerprint density at radius 3 is 2.72 bits per heavy atom. The van der Waals surface area contributed by atoms with Crippen LogP contribution in [0.25, 0.3) is 0 Å². The molecule has 0 aromatic rings. The van der Waals surface area contributed by atoms with E-state index in [1.54, 1.807) is 0 Å². The Morgan fingerprint density at radius 1 is 1.39 bits per heavy atom. The zero-order valence-electron chi connectivity index (χ0n) is 12.3. The molecule has 3 heteroatoms. The van der Waals surface area contributed by atoms with E-state index in [0.717, 1.165) is 38.3 Å². The molecule has 1 aliphatic heterocycles. The lowest BCUT2D eigenvalue weighted by molar-refractivity contribution is -0.134. The van der Waals surface area contributed by atoms with E-state index in [4.69, 9.17) is 5.73 Å². The molecule has 1 rings (SSSR count). The quantitative estimate of drug-likeness (QED) is 0.759. The number of carbonyl (C=O) groups is 1. The van der Waals surface area contributed by atoms with Crippen LogP contribution >= 0.6 is 0 Å². The van der Waals surface area contributed by atoms with Crippen LogP contribution in [0, 0.1) is 11.8 Å². The molecule has 0 spiro atoms. The van der Waals surface area contributed by atoms with Crippen molar-refractivity contribution >= 4 is 5.91 Å². The number of nitrogens with two attached hydrogens (primary N) is 1. The van der Waals surface area contributed by atoms with Crippen LogP contribution in [0.2, 0.25) is 0 Å². The van der Waals surface area contributed by atoms with Gasteiger partial charge >= 0.3 is 0 Å². The van der Waals surface area contributed by atoms with Gasteiger partial charge in [0, 0.05) is 25.0 Å². The van der Waals surface area contributed by atoms with Gasteiger partial charge in [0.2, 0.25) is 5.91 Å². The minimum Gasteiger partial charge on any atom is -0.342 e. The van der Waals surface area contributed by atoms with Crippen molar-refractivity contribution in [3.8, 4) is 0 Å². The van der Waals surface area contributed by atoms with E-state index < -0.39 is 0 Å². The summed E-state index contributed by atoms with van der Waals surface area (Å²) in [6.07, 6.45) is 6.77. The summed E-state index contributed by atoms with van der Waals surface area (Å²) in [6.45, 7) is 8.28. The molecule has 3 nitrogen and oxygen atoms in total. The SMILES string of the molecule is CCCC1CCN(C(=O)C(C)CCCC(C)N)C1. The van der Waals surface area contributed by atoms with Gasteiger partial charge in [0.15, 0.2) is 0 Å². The van der Waals surface area contributed by atoms with Gasteiger partial charge in [0.25, 0.3) is 0 Å². The predicted octanol–water partition coefficient (Wildman–Crippen LogP) is 2.79. The van der Waals surface area contributed by atoms with E-state index >= 15 is 0 Å². The van der Waals surface area contributed by atoms with Crippen LogP contribution in [0.15, 0.2) is 0 Å². The highest BCUT2D eigenvalue weighted by Crippen LogP contribution is 2.23. The number of carbonyl (C=O) groups excluding carboxylic acids is 1. The van der Waals surface area contributed by atoms with Gasteiger partial charge in [-0.2, -0.15) is 0 Å². The summed E-state index contributed by atoms with van der Waals surface area (Å²) in [6, 6.07) is 0.257. The van der Waals surface area contributed by atoms with Crippen molar-refractivity contribution in [3.63, 3.8) is 0 Å². The molecule has 0 bridgehead atoms.